The zero-order valence-corrected chi connectivity index (χ0v) is 17.4. The standard InChI is InChI=1S/C21H29N3O4/c1-12(2)15-7-9-16(10-8-15)18(13(3)4)22-17(25)11-23-19(26)20(27)24(14(5)6)21(23)28/h7-10,12-14,18H,11H2,1-6H3,(H,22,25)/t18-/m0/s1. The second-order valence-electron chi connectivity index (χ2n) is 8.05. The number of hydrogen-bond acceptors (Lipinski definition) is 4. The van der Waals surface area contributed by atoms with Crippen LogP contribution in [0.15, 0.2) is 24.3 Å². The number of benzene rings is 1. The van der Waals surface area contributed by atoms with Gasteiger partial charge in [0.2, 0.25) is 5.91 Å². The fraction of sp³-hybridized carbons (Fsp3) is 0.524. The van der Waals surface area contributed by atoms with Crippen LogP contribution in [-0.4, -0.2) is 46.1 Å². The SMILES string of the molecule is CC(C)c1ccc([C@@H](NC(=O)CN2C(=O)C(=O)N(C(C)C)C2=O)C(C)C)cc1. The molecule has 1 aliphatic rings. The van der Waals surface area contributed by atoms with E-state index in [-0.39, 0.29) is 12.0 Å². The number of amides is 5. The first-order valence-corrected chi connectivity index (χ1v) is 9.62. The van der Waals surface area contributed by atoms with Crippen molar-refractivity contribution in [3.8, 4) is 0 Å². The molecule has 28 heavy (non-hydrogen) atoms. The number of nitrogens with one attached hydrogen (secondary N) is 1. The summed E-state index contributed by atoms with van der Waals surface area (Å²) in [5.41, 5.74) is 2.16. The second kappa shape index (κ2) is 8.54. The van der Waals surface area contributed by atoms with Crippen LogP contribution in [-0.2, 0) is 14.4 Å². The molecule has 7 heteroatoms. The van der Waals surface area contributed by atoms with Gasteiger partial charge >= 0.3 is 17.8 Å². The molecule has 2 rings (SSSR count). The van der Waals surface area contributed by atoms with E-state index in [1.807, 2.05) is 38.1 Å². The molecule has 0 bridgehead atoms. The normalized spacial score (nSPS) is 16.0. The van der Waals surface area contributed by atoms with Gasteiger partial charge in [0.15, 0.2) is 0 Å². The minimum atomic E-state index is -0.962. The predicted octanol–water partition coefficient (Wildman–Crippen LogP) is 2.82. The van der Waals surface area contributed by atoms with Gasteiger partial charge in [0.25, 0.3) is 0 Å². The maximum Gasteiger partial charge on any atom is 0.334 e. The lowest BCUT2D eigenvalue weighted by Gasteiger charge is -2.24. The van der Waals surface area contributed by atoms with Crippen LogP contribution in [0.2, 0.25) is 0 Å². The third-order valence-electron chi connectivity index (χ3n) is 4.85. The second-order valence-corrected chi connectivity index (χ2v) is 8.05. The van der Waals surface area contributed by atoms with Crippen molar-refractivity contribution in [2.24, 2.45) is 5.92 Å². The van der Waals surface area contributed by atoms with E-state index in [1.165, 1.54) is 5.56 Å². The molecular formula is C21H29N3O4. The Bertz CT molecular complexity index is 768. The van der Waals surface area contributed by atoms with Crippen LogP contribution >= 0.6 is 0 Å². The molecule has 0 unspecified atom stereocenters. The molecule has 0 aromatic heterocycles. The minimum Gasteiger partial charge on any atom is -0.347 e. The van der Waals surface area contributed by atoms with Gasteiger partial charge in [-0.3, -0.25) is 19.3 Å². The Morgan fingerprint density at radius 2 is 1.43 bits per heavy atom. The summed E-state index contributed by atoms with van der Waals surface area (Å²) in [4.78, 5) is 50.5. The van der Waals surface area contributed by atoms with Crippen LogP contribution in [0, 0.1) is 5.92 Å². The monoisotopic (exact) mass is 387 g/mol. The van der Waals surface area contributed by atoms with Gasteiger partial charge in [-0.25, -0.2) is 9.69 Å². The summed E-state index contributed by atoms with van der Waals surface area (Å²) in [5, 5.41) is 2.89. The van der Waals surface area contributed by atoms with E-state index >= 15 is 0 Å². The fourth-order valence-electron chi connectivity index (χ4n) is 3.20. The van der Waals surface area contributed by atoms with Gasteiger partial charge in [0.05, 0.1) is 6.04 Å². The summed E-state index contributed by atoms with van der Waals surface area (Å²) in [6, 6.07) is 6.58. The number of carbonyl (C=O) groups excluding carboxylic acids is 4. The highest BCUT2D eigenvalue weighted by atomic mass is 16.2. The van der Waals surface area contributed by atoms with Gasteiger partial charge in [0, 0.05) is 6.04 Å². The molecule has 0 spiro atoms. The maximum absolute atomic E-state index is 12.5. The topological polar surface area (TPSA) is 86.8 Å². The number of carbonyl (C=O) groups is 4. The molecule has 5 amide bonds. The Balaban J connectivity index is 2.12. The summed E-state index contributed by atoms with van der Waals surface area (Å²) < 4.78 is 0. The fourth-order valence-corrected chi connectivity index (χ4v) is 3.20. The first-order chi connectivity index (χ1) is 13.0. The molecule has 1 fully saturated rings. The molecule has 1 aromatic carbocycles. The van der Waals surface area contributed by atoms with E-state index in [4.69, 9.17) is 0 Å². The molecular weight excluding hydrogens is 358 g/mol. The van der Waals surface area contributed by atoms with Gasteiger partial charge in [-0.1, -0.05) is 52.0 Å². The number of rotatable bonds is 7. The van der Waals surface area contributed by atoms with Gasteiger partial charge in [-0.2, -0.15) is 0 Å². The number of hydrogen-bond donors (Lipinski definition) is 1. The molecule has 7 nitrogen and oxygen atoms in total. The van der Waals surface area contributed by atoms with Gasteiger partial charge < -0.3 is 5.32 Å². The summed E-state index contributed by atoms with van der Waals surface area (Å²) in [7, 11) is 0. The zero-order chi connectivity index (χ0) is 21.2. The quantitative estimate of drug-likeness (QED) is 0.576. The minimum absolute atomic E-state index is 0.104. The third-order valence-corrected chi connectivity index (χ3v) is 4.85. The Hall–Kier alpha value is -2.70. The van der Waals surface area contributed by atoms with Crippen LogP contribution < -0.4 is 5.32 Å². The molecule has 1 N–H and O–H groups in total. The maximum atomic E-state index is 12.5. The van der Waals surface area contributed by atoms with Crippen LogP contribution in [0.25, 0.3) is 0 Å². The number of imide groups is 2. The van der Waals surface area contributed by atoms with Crippen molar-refractivity contribution in [2.75, 3.05) is 6.54 Å². The Kier molecular flexibility index (Phi) is 6.59. The van der Waals surface area contributed by atoms with Crippen LogP contribution in [0.4, 0.5) is 4.79 Å². The number of nitrogens with zero attached hydrogens (tertiary/aromatic N) is 2. The van der Waals surface area contributed by atoms with Crippen molar-refractivity contribution in [3.05, 3.63) is 35.4 Å². The highest BCUT2D eigenvalue weighted by Gasteiger charge is 2.46. The van der Waals surface area contributed by atoms with Crippen molar-refractivity contribution < 1.29 is 19.2 Å². The molecule has 0 aliphatic carbocycles. The summed E-state index contributed by atoms with van der Waals surface area (Å²) >= 11 is 0. The van der Waals surface area contributed by atoms with Crippen molar-refractivity contribution in [1.29, 1.82) is 0 Å². The molecule has 1 aliphatic heterocycles. The largest absolute Gasteiger partial charge is 0.347 e. The predicted molar refractivity (Wildman–Crippen MR) is 105 cm³/mol. The van der Waals surface area contributed by atoms with E-state index in [9.17, 15) is 19.2 Å². The summed E-state index contributed by atoms with van der Waals surface area (Å²) in [6.07, 6.45) is 0. The van der Waals surface area contributed by atoms with E-state index in [0.717, 1.165) is 10.5 Å². The lowest BCUT2D eigenvalue weighted by Crippen LogP contribution is -2.44. The Morgan fingerprint density at radius 3 is 1.86 bits per heavy atom. The molecule has 1 aromatic rings. The lowest BCUT2D eigenvalue weighted by atomic mass is 9.93. The average Bonchev–Trinajstić information content (AvgIpc) is 2.83. The molecule has 152 valence electrons. The van der Waals surface area contributed by atoms with Crippen LogP contribution in [0.5, 0.6) is 0 Å². The summed E-state index contributed by atoms with van der Waals surface area (Å²) in [5.74, 6) is -1.82. The molecule has 1 atom stereocenters. The van der Waals surface area contributed by atoms with Gasteiger partial charge in [0.1, 0.15) is 6.54 Å². The van der Waals surface area contributed by atoms with Gasteiger partial charge in [-0.05, 0) is 36.8 Å². The lowest BCUT2D eigenvalue weighted by molar-refractivity contribution is -0.144. The molecule has 0 radical (unpaired) electrons. The van der Waals surface area contributed by atoms with Crippen molar-refractivity contribution >= 4 is 23.8 Å². The Morgan fingerprint density at radius 1 is 0.893 bits per heavy atom. The van der Waals surface area contributed by atoms with Crippen molar-refractivity contribution in [2.45, 2.75) is 59.5 Å². The van der Waals surface area contributed by atoms with Crippen molar-refractivity contribution in [3.63, 3.8) is 0 Å². The third kappa shape index (κ3) is 4.40. The molecule has 0 saturated carbocycles. The highest BCUT2D eigenvalue weighted by Crippen LogP contribution is 2.24. The Labute approximate surface area is 166 Å². The van der Waals surface area contributed by atoms with Crippen LogP contribution in [0.3, 0.4) is 0 Å². The van der Waals surface area contributed by atoms with Crippen LogP contribution in [0.1, 0.15) is 64.6 Å². The van der Waals surface area contributed by atoms with Gasteiger partial charge in [-0.15, -0.1) is 0 Å². The van der Waals surface area contributed by atoms with Crippen molar-refractivity contribution in [1.82, 2.24) is 15.1 Å². The average molecular weight is 387 g/mol. The van der Waals surface area contributed by atoms with E-state index in [0.29, 0.717) is 10.8 Å². The smallest absolute Gasteiger partial charge is 0.334 e. The molecule has 1 heterocycles. The first-order valence-electron chi connectivity index (χ1n) is 9.62. The summed E-state index contributed by atoms with van der Waals surface area (Å²) in [6.45, 7) is 11.0. The van der Waals surface area contributed by atoms with E-state index < -0.39 is 36.3 Å². The van der Waals surface area contributed by atoms with E-state index in [1.54, 1.807) is 13.8 Å². The molecule has 1 saturated heterocycles. The zero-order valence-electron chi connectivity index (χ0n) is 17.4. The number of urea groups is 1. The first kappa shape index (κ1) is 21.6. The van der Waals surface area contributed by atoms with E-state index in [2.05, 4.69) is 19.2 Å². The highest BCUT2D eigenvalue weighted by molar-refractivity contribution is 6.45.